The number of aromatic amines is 1. The van der Waals surface area contributed by atoms with Gasteiger partial charge in [0.25, 0.3) is 0 Å². The number of H-pyrrole nitrogens is 1. The van der Waals surface area contributed by atoms with Gasteiger partial charge >= 0.3 is 0 Å². The normalized spacial score (nSPS) is 11.5. The second kappa shape index (κ2) is 10.4. The molecule has 0 saturated heterocycles. The van der Waals surface area contributed by atoms with E-state index in [0.717, 1.165) is 33.3 Å². The van der Waals surface area contributed by atoms with Gasteiger partial charge in [-0.15, -0.1) is 0 Å². The van der Waals surface area contributed by atoms with Crippen molar-refractivity contribution in [3.63, 3.8) is 0 Å². The maximum atomic E-state index is 13.2. The van der Waals surface area contributed by atoms with Crippen LogP contribution in [0.15, 0.2) is 107 Å². The van der Waals surface area contributed by atoms with Crippen molar-refractivity contribution in [2.75, 3.05) is 6.61 Å². The average Bonchev–Trinajstić information content (AvgIpc) is 3.37. The molecule has 0 amide bonds. The van der Waals surface area contributed by atoms with Crippen LogP contribution in [-0.4, -0.2) is 30.8 Å². The van der Waals surface area contributed by atoms with E-state index in [-0.39, 0.29) is 15.6 Å². The molecule has 3 aromatic carbocycles. The summed E-state index contributed by atoms with van der Waals surface area (Å²) in [6, 6.07) is 25.0. The number of rotatable bonds is 9. The average molecular weight is 511 g/mol. The lowest BCUT2D eigenvalue weighted by Gasteiger charge is -2.08. The highest BCUT2D eigenvalue weighted by Crippen LogP contribution is 2.27. The van der Waals surface area contributed by atoms with Crippen LogP contribution in [0.4, 0.5) is 0 Å². The third kappa shape index (κ3) is 5.32. The number of Topliss-reactive ketones (excluding diaryl/α,β-unsaturated/α-hetero) is 1. The standard InChI is InChI=1S/C30H26N2O4S/c1-2-36-25-10-6-22(7-11-25)23-8-14-27(15-9-23)37(34,35)26-12-3-21(4-13-26)5-16-30(33)29-19-24-20-31-18-17-28(24)32-29/h3-4,6-15,17-20,32H,2,5,16H2,1H3. The number of ketones is 1. The van der Waals surface area contributed by atoms with E-state index in [9.17, 15) is 13.2 Å². The van der Waals surface area contributed by atoms with Gasteiger partial charge in [-0.25, -0.2) is 8.42 Å². The van der Waals surface area contributed by atoms with Gasteiger partial charge in [0.15, 0.2) is 5.78 Å². The van der Waals surface area contributed by atoms with E-state index in [2.05, 4.69) is 9.97 Å². The minimum Gasteiger partial charge on any atom is -0.494 e. The number of fused-ring (bicyclic) bond motifs is 1. The highest BCUT2D eigenvalue weighted by molar-refractivity contribution is 7.91. The summed E-state index contributed by atoms with van der Waals surface area (Å²) in [5.41, 5.74) is 4.23. The molecule has 7 heteroatoms. The quantitative estimate of drug-likeness (QED) is 0.236. The molecule has 0 aliphatic rings. The van der Waals surface area contributed by atoms with Gasteiger partial charge in [-0.1, -0.05) is 36.4 Å². The van der Waals surface area contributed by atoms with E-state index in [1.807, 2.05) is 55.5 Å². The number of sulfone groups is 1. The van der Waals surface area contributed by atoms with Crippen LogP contribution in [0.25, 0.3) is 22.0 Å². The summed E-state index contributed by atoms with van der Waals surface area (Å²) >= 11 is 0. The van der Waals surface area contributed by atoms with Crippen LogP contribution in [0.1, 0.15) is 29.4 Å². The van der Waals surface area contributed by atoms with Crippen molar-refractivity contribution in [1.82, 2.24) is 9.97 Å². The summed E-state index contributed by atoms with van der Waals surface area (Å²) in [6.45, 7) is 2.54. The highest BCUT2D eigenvalue weighted by atomic mass is 32.2. The van der Waals surface area contributed by atoms with Crippen LogP contribution in [0, 0.1) is 0 Å². The van der Waals surface area contributed by atoms with Crippen LogP contribution in [0.2, 0.25) is 0 Å². The summed E-state index contributed by atoms with van der Waals surface area (Å²) in [4.78, 5) is 20.3. The number of nitrogens with one attached hydrogen (secondary N) is 1. The summed E-state index contributed by atoms with van der Waals surface area (Å²) in [5, 5.41) is 0.896. The predicted molar refractivity (Wildman–Crippen MR) is 144 cm³/mol. The molecule has 0 radical (unpaired) electrons. The highest BCUT2D eigenvalue weighted by Gasteiger charge is 2.18. The van der Waals surface area contributed by atoms with Gasteiger partial charge in [-0.3, -0.25) is 9.78 Å². The number of aromatic nitrogens is 2. The molecule has 0 bridgehead atoms. The molecule has 0 spiro atoms. The number of aryl methyl sites for hydroxylation is 1. The first kappa shape index (κ1) is 24.5. The molecule has 1 N–H and O–H groups in total. The smallest absolute Gasteiger partial charge is 0.206 e. The molecule has 5 rings (SSSR count). The van der Waals surface area contributed by atoms with Crippen molar-refractivity contribution < 1.29 is 17.9 Å². The summed E-state index contributed by atoms with van der Waals surface area (Å²) < 4.78 is 31.8. The maximum absolute atomic E-state index is 13.2. The van der Waals surface area contributed by atoms with Crippen molar-refractivity contribution in [1.29, 1.82) is 0 Å². The lowest BCUT2D eigenvalue weighted by atomic mass is 10.1. The van der Waals surface area contributed by atoms with E-state index >= 15 is 0 Å². The first-order valence-corrected chi connectivity index (χ1v) is 13.6. The molecule has 0 atom stereocenters. The van der Waals surface area contributed by atoms with Crippen LogP contribution in [0.5, 0.6) is 5.75 Å². The molecule has 0 aliphatic heterocycles. The number of carbonyl (C=O) groups excluding carboxylic acids is 1. The monoisotopic (exact) mass is 510 g/mol. The minimum atomic E-state index is -3.66. The van der Waals surface area contributed by atoms with Gasteiger partial charge in [-0.2, -0.15) is 0 Å². The third-order valence-corrected chi connectivity index (χ3v) is 8.04. The fourth-order valence-corrected chi connectivity index (χ4v) is 5.48. The molecule has 37 heavy (non-hydrogen) atoms. The predicted octanol–water partition coefficient (Wildman–Crippen LogP) is 6.28. The number of ether oxygens (including phenoxy) is 1. The third-order valence-electron chi connectivity index (χ3n) is 6.26. The first-order chi connectivity index (χ1) is 17.9. The molecular weight excluding hydrogens is 484 g/mol. The van der Waals surface area contributed by atoms with Crippen molar-refractivity contribution >= 4 is 26.5 Å². The van der Waals surface area contributed by atoms with Crippen LogP contribution < -0.4 is 4.74 Å². The molecule has 0 saturated carbocycles. The van der Waals surface area contributed by atoms with E-state index < -0.39 is 9.84 Å². The number of hydrogen-bond acceptors (Lipinski definition) is 5. The Morgan fingerprint density at radius 2 is 1.49 bits per heavy atom. The van der Waals surface area contributed by atoms with Gasteiger partial charge < -0.3 is 9.72 Å². The SMILES string of the molecule is CCOc1ccc(-c2ccc(S(=O)(=O)c3ccc(CCC(=O)c4cc5cnccc5[nH]4)cc3)cc2)cc1. The Bertz CT molecular complexity index is 1600. The Labute approximate surface area is 215 Å². The molecule has 2 heterocycles. The lowest BCUT2D eigenvalue weighted by Crippen LogP contribution is -2.03. The zero-order chi connectivity index (χ0) is 25.8. The first-order valence-electron chi connectivity index (χ1n) is 12.1. The van der Waals surface area contributed by atoms with E-state index in [4.69, 9.17) is 4.74 Å². The minimum absolute atomic E-state index is 0.000479. The number of pyridine rings is 1. The van der Waals surface area contributed by atoms with Gasteiger partial charge in [-0.05, 0) is 78.6 Å². The second-order valence-corrected chi connectivity index (χ2v) is 10.6. The number of nitrogens with zero attached hydrogens (tertiary/aromatic N) is 1. The summed E-state index contributed by atoms with van der Waals surface area (Å²) in [5.74, 6) is 0.800. The number of benzene rings is 3. The fourth-order valence-electron chi connectivity index (χ4n) is 4.22. The Kier molecular flexibility index (Phi) is 6.88. The van der Waals surface area contributed by atoms with E-state index in [0.29, 0.717) is 25.1 Å². The Morgan fingerprint density at radius 1 is 0.865 bits per heavy atom. The molecule has 6 nitrogen and oxygen atoms in total. The topological polar surface area (TPSA) is 89.1 Å². The van der Waals surface area contributed by atoms with E-state index in [1.54, 1.807) is 48.8 Å². The van der Waals surface area contributed by atoms with Gasteiger partial charge in [0, 0.05) is 29.7 Å². The lowest BCUT2D eigenvalue weighted by molar-refractivity contribution is 0.0979. The van der Waals surface area contributed by atoms with Gasteiger partial charge in [0.2, 0.25) is 9.84 Å². The zero-order valence-corrected chi connectivity index (χ0v) is 21.2. The maximum Gasteiger partial charge on any atom is 0.206 e. The second-order valence-electron chi connectivity index (χ2n) is 8.70. The van der Waals surface area contributed by atoms with Crippen LogP contribution in [0.3, 0.4) is 0 Å². The Hall–Kier alpha value is -4.23. The van der Waals surface area contributed by atoms with E-state index in [1.165, 1.54) is 0 Å². The van der Waals surface area contributed by atoms with Crippen molar-refractivity contribution in [2.45, 2.75) is 29.6 Å². The summed E-state index contributed by atoms with van der Waals surface area (Å²) in [6.07, 6.45) is 4.23. The molecule has 186 valence electrons. The zero-order valence-electron chi connectivity index (χ0n) is 20.3. The van der Waals surface area contributed by atoms with Crippen molar-refractivity contribution in [3.05, 3.63) is 109 Å². The summed E-state index contributed by atoms with van der Waals surface area (Å²) in [7, 11) is -3.66. The van der Waals surface area contributed by atoms with Crippen LogP contribution in [-0.2, 0) is 16.3 Å². The number of hydrogen-bond donors (Lipinski definition) is 1. The molecule has 2 aromatic heterocycles. The Balaban J connectivity index is 1.24. The molecular formula is C30H26N2O4S. The van der Waals surface area contributed by atoms with Gasteiger partial charge in [0.1, 0.15) is 5.75 Å². The number of carbonyl (C=O) groups is 1. The molecule has 0 aliphatic carbocycles. The molecule has 5 aromatic rings. The van der Waals surface area contributed by atoms with Crippen LogP contribution >= 0.6 is 0 Å². The fraction of sp³-hybridized carbons (Fsp3) is 0.133. The largest absolute Gasteiger partial charge is 0.494 e. The molecule has 0 fully saturated rings. The Morgan fingerprint density at radius 3 is 2.11 bits per heavy atom. The molecule has 0 unspecified atom stereocenters. The van der Waals surface area contributed by atoms with Crippen molar-refractivity contribution in [2.24, 2.45) is 0 Å². The van der Waals surface area contributed by atoms with Gasteiger partial charge in [0.05, 0.1) is 22.1 Å². The van der Waals surface area contributed by atoms with Crippen molar-refractivity contribution in [3.8, 4) is 16.9 Å².